The zero-order chi connectivity index (χ0) is 20.8. The second-order valence-electron chi connectivity index (χ2n) is 7.50. The monoisotopic (exact) mass is 396 g/mol. The number of halogens is 1. The number of para-hydroxylation sites is 1. The van der Waals surface area contributed by atoms with Crippen LogP contribution in [0.3, 0.4) is 0 Å². The molecule has 1 saturated heterocycles. The Labute approximate surface area is 167 Å². The van der Waals surface area contributed by atoms with E-state index in [1.165, 1.54) is 21.9 Å². The molecule has 0 aliphatic carbocycles. The van der Waals surface area contributed by atoms with Crippen molar-refractivity contribution in [1.29, 1.82) is 0 Å². The summed E-state index contributed by atoms with van der Waals surface area (Å²) < 4.78 is 19.4. The fourth-order valence-electron chi connectivity index (χ4n) is 4.25. The number of anilines is 1. The van der Waals surface area contributed by atoms with E-state index in [4.69, 9.17) is 4.74 Å². The lowest BCUT2D eigenvalue weighted by Crippen LogP contribution is -2.70. The smallest absolute Gasteiger partial charge is 0.354 e. The van der Waals surface area contributed by atoms with Crippen molar-refractivity contribution in [1.82, 2.24) is 4.90 Å². The van der Waals surface area contributed by atoms with Gasteiger partial charge >= 0.3 is 5.97 Å². The van der Waals surface area contributed by atoms with Gasteiger partial charge in [-0.25, -0.2) is 9.18 Å². The number of hydrogen-bond acceptors (Lipinski definition) is 4. The summed E-state index contributed by atoms with van der Waals surface area (Å²) in [6, 6.07) is 12.4. The Balaban J connectivity index is 1.77. The Bertz CT molecular complexity index is 1010. The van der Waals surface area contributed by atoms with Gasteiger partial charge < -0.3 is 9.64 Å². The van der Waals surface area contributed by atoms with Crippen LogP contribution >= 0.6 is 0 Å². The van der Waals surface area contributed by atoms with Crippen LogP contribution < -0.4 is 4.90 Å². The van der Waals surface area contributed by atoms with Crippen LogP contribution in [0.25, 0.3) is 0 Å². The van der Waals surface area contributed by atoms with E-state index >= 15 is 0 Å². The third-order valence-electron chi connectivity index (χ3n) is 5.46. The van der Waals surface area contributed by atoms with E-state index in [1.54, 1.807) is 50.2 Å². The summed E-state index contributed by atoms with van der Waals surface area (Å²) in [5, 5.41) is 0. The SMILES string of the molecule is CC(C)N1C(=O)c2ccccc2N2C(=O)CCC21C(=O)OCc1ccccc1F. The topological polar surface area (TPSA) is 66.9 Å². The number of carbonyl (C=O) groups is 3. The molecule has 1 unspecified atom stereocenters. The fraction of sp³-hybridized carbons (Fsp3) is 0.318. The highest BCUT2D eigenvalue weighted by Gasteiger charge is 2.62. The lowest BCUT2D eigenvalue weighted by Gasteiger charge is -2.50. The number of nitrogens with zero attached hydrogens (tertiary/aromatic N) is 2. The Morgan fingerprint density at radius 1 is 1.14 bits per heavy atom. The molecule has 0 N–H and O–H groups in total. The summed E-state index contributed by atoms with van der Waals surface area (Å²) in [4.78, 5) is 42.2. The molecular weight excluding hydrogens is 375 g/mol. The van der Waals surface area contributed by atoms with Crippen LogP contribution in [0.15, 0.2) is 48.5 Å². The lowest BCUT2D eigenvalue weighted by atomic mass is 9.95. The first kappa shape index (κ1) is 19.1. The Kier molecular flexibility index (Phi) is 4.61. The number of amides is 2. The van der Waals surface area contributed by atoms with Crippen molar-refractivity contribution in [3.05, 3.63) is 65.5 Å². The van der Waals surface area contributed by atoms with Gasteiger partial charge in [0.25, 0.3) is 5.91 Å². The van der Waals surface area contributed by atoms with E-state index in [0.29, 0.717) is 11.3 Å². The number of carbonyl (C=O) groups excluding carboxylic acids is 3. The van der Waals surface area contributed by atoms with Gasteiger partial charge in [-0.2, -0.15) is 0 Å². The van der Waals surface area contributed by atoms with Crippen LogP contribution in [0.5, 0.6) is 0 Å². The molecule has 1 fully saturated rings. The molecule has 0 saturated carbocycles. The minimum absolute atomic E-state index is 0.111. The van der Waals surface area contributed by atoms with Crippen molar-refractivity contribution in [2.45, 2.75) is 45.0 Å². The van der Waals surface area contributed by atoms with E-state index in [0.717, 1.165) is 0 Å². The maximum absolute atomic E-state index is 14.0. The Morgan fingerprint density at radius 3 is 2.55 bits per heavy atom. The fourth-order valence-corrected chi connectivity index (χ4v) is 4.25. The van der Waals surface area contributed by atoms with Gasteiger partial charge in [-0.1, -0.05) is 30.3 Å². The largest absolute Gasteiger partial charge is 0.458 e. The molecule has 1 atom stereocenters. The normalized spacial score (nSPS) is 20.7. The molecule has 150 valence electrons. The summed E-state index contributed by atoms with van der Waals surface area (Å²) in [5.74, 6) is -1.80. The second-order valence-corrected chi connectivity index (χ2v) is 7.50. The van der Waals surface area contributed by atoms with Gasteiger partial charge in [0.1, 0.15) is 12.4 Å². The summed E-state index contributed by atoms with van der Waals surface area (Å²) >= 11 is 0. The zero-order valence-corrected chi connectivity index (χ0v) is 16.2. The average molecular weight is 396 g/mol. The number of ether oxygens (including phenoxy) is 1. The molecule has 0 radical (unpaired) electrons. The molecule has 2 aliphatic heterocycles. The van der Waals surface area contributed by atoms with Gasteiger partial charge in [-0.3, -0.25) is 14.5 Å². The van der Waals surface area contributed by atoms with Gasteiger partial charge in [0.15, 0.2) is 0 Å². The highest BCUT2D eigenvalue weighted by molar-refractivity contribution is 6.15. The van der Waals surface area contributed by atoms with Crippen molar-refractivity contribution in [3.8, 4) is 0 Å². The van der Waals surface area contributed by atoms with Crippen molar-refractivity contribution in [3.63, 3.8) is 0 Å². The van der Waals surface area contributed by atoms with Crippen molar-refractivity contribution >= 4 is 23.5 Å². The van der Waals surface area contributed by atoms with Gasteiger partial charge in [0.05, 0.1) is 11.3 Å². The molecule has 4 rings (SSSR count). The summed E-state index contributed by atoms with van der Waals surface area (Å²) in [6.07, 6.45) is 0.236. The Hall–Kier alpha value is -3.22. The first-order valence-electron chi connectivity index (χ1n) is 9.54. The van der Waals surface area contributed by atoms with Gasteiger partial charge in [0.2, 0.25) is 11.6 Å². The molecule has 7 heteroatoms. The third-order valence-corrected chi connectivity index (χ3v) is 5.46. The maximum atomic E-state index is 14.0. The molecule has 2 aliphatic rings. The number of hydrogen-bond donors (Lipinski definition) is 0. The van der Waals surface area contributed by atoms with Gasteiger partial charge in [-0.15, -0.1) is 0 Å². The average Bonchev–Trinajstić information content (AvgIpc) is 3.05. The molecule has 2 aromatic carbocycles. The minimum atomic E-state index is -1.57. The predicted molar refractivity (Wildman–Crippen MR) is 103 cm³/mol. The van der Waals surface area contributed by atoms with Gasteiger partial charge in [0, 0.05) is 24.4 Å². The zero-order valence-electron chi connectivity index (χ0n) is 16.2. The minimum Gasteiger partial charge on any atom is -0.458 e. The molecule has 0 aromatic heterocycles. The standard InChI is InChI=1S/C22H21FN2O4/c1-14(2)24-20(27)16-8-4-6-10-18(16)25-19(26)11-12-22(24,25)21(28)29-13-15-7-3-5-9-17(15)23/h3-10,14H,11-13H2,1-2H3. The summed E-state index contributed by atoms with van der Waals surface area (Å²) in [7, 11) is 0. The van der Waals surface area contributed by atoms with Crippen LogP contribution in [-0.2, 0) is 20.9 Å². The number of rotatable bonds is 4. The third kappa shape index (κ3) is 2.80. The predicted octanol–water partition coefficient (Wildman–Crippen LogP) is 3.26. The second kappa shape index (κ2) is 6.99. The van der Waals surface area contributed by atoms with Crippen LogP contribution in [0.1, 0.15) is 42.6 Å². The highest BCUT2D eigenvalue weighted by atomic mass is 19.1. The van der Waals surface area contributed by atoms with E-state index in [1.807, 2.05) is 0 Å². The molecule has 0 bridgehead atoms. The molecule has 0 spiro atoms. The molecule has 29 heavy (non-hydrogen) atoms. The molecular formula is C22H21FN2O4. The molecule has 2 aromatic rings. The van der Waals surface area contributed by atoms with Crippen LogP contribution in [0.4, 0.5) is 10.1 Å². The first-order chi connectivity index (χ1) is 13.9. The van der Waals surface area contributed by atoms with Crippen LogP contribution in [-0.4, -0.2) is 34.4 Å². The summed E-state index contributed by atoms with van der Waals surface area (Å²) in [5.41, 5.74) is -0.567. The van der Waals surface area contributed by atoms with Crippen LogP contribution in [0.2, 0.25) is 0 Å². The molecule has 6 nitrogen and oxygen atoms in total. The van der Waals surface area contributed by atoms with Crippen molar-refractivity contribution in [2.24, 2.45) is 0 Å². The van der Waals surface area contributed by atoms with E-state index < -0.39 is 17.4 Å². The van der Waals surface area contributed by atoms with E-state index in [9.17, 15) is 18.8 Å². The summed E-state index contributed by atoms with van der Waals surface area (Å²) in [6.45, 7) is 3.30. The number of esters is 1. The van der Waals surface area contributed by atoms with E-state index in [-0.39, 0.29) is 42.9 Å². The molecule has 2 amide bonds. The van der Waals surface area contributed by atoms with Crippen molar-refractivity contribution in [2.75, 3.05) is 4.90 Å². The lowest BCUT2D eigenvalue weighted by molar-refractivity contribution is -0.159. The maximum Gasteiger partial charge on any atom is 0.354 e. The number of benzene rings is 2. The van der Waals surface area contributed by atoms with Crippen LogP contribution in [0, 0.1) is 5.82 Å². The quantitative estimate of drug-likeness (QED) is 0.744. The molecule has 2 heterocycles. The number of fused-ring (bicyclic) bond motifs is 3. The van der Waals surface area contributed by atoms with Gasteiger partial charge in [-0.05, 0) is 32.0 Å². The first-order valence-corrected chi connectivity index (χ1v) is 9.54. The van der Waals surface area contributed by atoms with Crippen molar-refractivity contribution < 1.29 is 23.5 Å². The highest BCUT2D eigenvalue weighted by Crippen LogP contribution is 2.46. The Morgan fingerprint density at radius 2 is 1.83 bits per heavy atom. The van der Waals surface area contributed by atoms with E-state index in [2.05, 4.69) is 0 Å².